The average molecular weight is 588 g/mol. The number of ether oxygens (including phenoxy) is 4. The molecule has 5 rings (SSSR count). The van der Waals surface area contributed by atoms with E-state index < -0.39 is 36.6 Å². The molecule has 1 unspecified atom stereocenters. The Kier molecular flexibility index (Phi) is 11.8. The number of benzene rings is 3. The highest BCUT2D eigenvalue weighted by molar-refractivity contribution is 5.73. The lowest BCUT2D eigenvalue weighted by Gasteiger charge is -2.49. The van der Waals surface area contributed by atoms with E-state index in [9.17, 15) is 9.90 Å². The molecule has 0 aromatic heterocycles. The highest BCUT2D eigenvalue weighted by Crippen LogP contribution is 2.35. The van der Waals surface area contributed by atoms with E-state index in [2.05, 4.69) is 5.32 Å². The van der Waals surface area contributed by atoms with Gasteiger partial charge in [0.05, 0.1) is 38.6 Å². The van der Waals surface area contributed by atoms with E-state index in [1.807, 2.05) is 91.0 Å². The van der Waals surface area contributed by atoms with E-state index in [-0.39, 0.29) is 18.4 Å². The molecule has 1 saturated carbocycles. The van der Waals surface area contributed by atoms with Gasteiger partial charge in [0.2, 0.25) is 5.91 Å². The minimum absolute atomic E-state index is 0.0949. The second kappa shape index (κ2) is 16.1. The Morgan fingerprint density at radius 1 is 0.791 bits per heavy atom. The lowest BCUT2D eigenvalue weighted by atomic mass is 9.79. The van der Waals surface area contributed by atoms with Gasteiger partial charge < -0.3 is 29.4 Å². The Morgan fingerprint density at radius 3 is 1.84 bits per heavy atom. The van der Waals surface area contributed by atoms with Crippen LogP contribution >= 0.6 is 0 Å². The first-order valence-corrected chi connectivity index (χ1v) is 15.6. The van der Waals surface area contributed by atoms with Gasteiger partial charge in [0.25, 0.3) is 0 Å². The molecule has 2 aliphatic rings. The van der Waals surface area contributed by atoms with Crippen LogP contribution in [0.15, 0.2) is 91.0 Å². The highest BCUT2D eigenvalue weighted by Gasteiger charge is 2.51. The summed E-state index contributed by atoms with van der Waals surface area (Å²) in [6.07, 6.45) is 2.11. The summed E-state index contributed by atoms with van der Waals surface area (Å²) in [4.78, 5) is 12.6. The van der Waals surface area contributed by atoms with Crippen LogP contribution < -0.4 is 5.32 Å². The zero-order valence-corrected chi connectivity index (χ0v) is 25.1. The van der Waals surface area contributed by atoms with Crippen LogP contribution in [-0.2, 0) is 43.6 Å². The average Bonchev–Trinajstić information content (AvgIpc) is 3.05. The standard InChI is InChI=1S/C36H45NO6/c1-26(38)37-32-35(33(39)30-20-12-5-13-21-30)43-31(25-40-22-27-14-6-2-7-15-27)34(41-23-28-16-8-3-9-17-28)36(32)42-24-29-18-10-4-11-19-29/h2-4,6-11,14-19,30-36,39H,5,12-13,20-25H2,1H3,(H,37,38)/t31-,32+,33?,34+,35+,36-/m1/s1. The van der Waals surface area contributed by atoms with Crippen LogP contribution in [0, 0.1) is 5.92 Å². The van der Waals surface area contributed by atoms with Gasteiger partial charge in [-0.1, -0.05) is 110 Å². The van der Waals surface area contributed by atoms with Gasteiger partial charge in [0.15, 0.2) is 0 Å². The molecule has 2 N–H and O–H groups in total. The highest BCUT2D eigenvalue weighted by atomic mass is 16.6. The van der Waals surface area contributed by atoms with Crippen molar-refractivity contribution in [2.75, 3.05) is 6.61 Å². The number of hydrogen-bond acceptors (Lipinski definition) is 6. The molecular formula is C36H45NO6. The molecule has 1 heterocycles. The molecule has 230 valence electrons. The number of hydrogen-bond donors (Lipinski definition) is 2. The Hall–Kier alpha value is -3.07. The molecular weight excluding hydrogens is 542 g/mol. The van der Waals surface area contributed by atoms with Gasteiger partial charge in [-0.3, -0.25) is 4.79 Å². The predicted octanol–water partition coefficient (Wildman–Crippen LogP) is 5.59. The van der Waals surface area contributed by atoms with E-state index in [0.717, 1.165) is 42.4 Å². The maximum absolute atomic E-state index is 12.6. The van der Waals surface area contributed by atoms with E-state index in [4.69, 9.17) is 18.9 Å². The van der Waals surface area contributed by atoms with Crippen LogP contribution in [0.4, 0.5) is 0 Å². The maximum atomic E-state index is 12.6. The van der Waals surface area contributed by atoms with Crippen molar-refractivity contribution in [3.05, 3.63) is 108 Å². The lowest BCUT2D eigenvalue weighted by Crippen LogP contribution is -2.68. The molecule has 1 saturated heterocycles. The second-order valence-electron chi connectivity index (χ2n) is 11.8. The minimum atomic E-state index is -0.758. The van der Waals surface area contributed by atoms with Gasteiger partial charge in [-0.2, -0.15) is 0 Å². The molecule has 7 nitrogen and oxygen atoms in total. The van der Waals surface area contributed by atoms with Crippen molar-refractivity contribution in [3.63, 3.8) is 0 Å². The van der Waals surface area contributed by atoms with Crippen molar-refractivity contribution in [2.45, 2.75) is 95.4 Å². The molecule has 1 aliphatic carbocycles. The third-order valence-electron chi connectivity index (χ3n) is 8.53. The number of amides is 1. The van der Waals surface area contributed by atoms with Gasteiger partial charge in [-0.15, -0.1) is 0 Å². The smallest absolute Gasteiger partial charge is 0.217 e. The Bertz CT molecular complexity index is 1220. The number of carbonyl (C=O) groups excluding carboxylic acids is 1. The van der Waals surface area contributed by atoms with Gasteiger partial charge in [-0.25, -0.2) is 0 Å². The van der Waals surface area contributed by atoms with Crippen molar-refractivity contribution in [1.82, 2.24) is 5.32 Å². The minimum Gasteiger partial charge on any atom is -0.390 e. The summed E-state index contributed by atoms with van der Waals surface area (Å²) < 4.78 is 26.2. The molecule has 0 radical (unpaired) electrons. The maximum Gasteiger partial charge on any atom is 0.217 e. The van der Waals surface area contributed by atoms with E-state index in [1.54, 1.807) is 0 Å². The number of rotatable bonds is 13. The Balaban J connectivity index is 1.44. The largest absolute Gasteiger partial charge is 0.390 e. The number of carbonyl (C=O) groups is 1. The van der Waals surface area contributed by atoms with Gasteiger partial charge in [0, 0.05) is 6.92 Å². The molecule has 0 bridgehead atoms. The quantitative estimate of drug-likeness (QED) is 0.271. The molecule has 3 aromatic carbocycles. The van der Waals surface area contributed by atoms with Crippen LogP contribution in [-0.4, -0.2) is 54.2 Å². The summed E-state index contributed by atoms with van der Waals surface area (Å²) in [5, 5.41) is 14.9. The van der Waals surface area contributed by atoms with Crippen molar-refractivity contribution < 1.29 is 28.8 Å². The molecule has 1 amide bonds. The number of aliphatic hydroxyl groups is 1. The van der Waals surface area contributed by atoms with Crippen molar-refractivity contribution in [3.8, 4) is 0 Å². The first-order chi connectivity index (χ1) is 21.1. The van der Waals surface area contributed by atoms with Crippen LogP contribution in [0.3, 0.4) is 0 Å². The molecule has 2 fully saturated rings. The Morgan fingerprint density at radius 2 is 1.30 bits per heavy atom. The van der Waals surface area contributed by atoms with Crippen LogP contribution in [0.5, 0.6) is 0 Å². The number of nitrogens with one attached hydrogen (secondary N) is 1. The first kappa shape index (κ1) is 31.4. The Labute approximate surface area is 255 Å². The van der Waals surface area contributed by atoms with Crippen LogP contribution in [0.1, 0.15) is 55.7 Å². The van der Waals surface area contributed by atoms with Crippen molar-refractivity contribution in [2.24, 2.45) is 5.92 Å². The first-order valence-electron chi connectivity index (χ1n) is 15.6. The lowest BCUT2D eigenvalue weighted by molar-refractivity contribution is -0.252. The summed E-state index contributed by atoms with van der Waals surface area (Å²) >= 11 is 0. The van der Waals surface area contributed by atoms with E-state index in [1.165, 1.54) is 13.3 Å². The summed E-state index contributed by atoms with van der Waals surface area (Å²) in [6.45, 7) is 2.84. The van der Waals surface area contributed by atoms with Crippen LogP contribution in [0.25, 0.3) is 0 Å². The summed E-state index contributed by atoms with van der Waals surface area (Å²) in [6, 6.07) is 29.3. The monoisotopic (exact) mass is 587 g/mol. The molecule has 6 atom stereocenters. The second-order valence-corrected chi connectivity index (χ2v) is 11.8. The van der Waals surface area contributed by atoms with Gasteiger partial charge >= 0.3 is 0 Å². The fourth-order valence-corrected chi connectivity index (χ4v) is 6.34. The van der Waals surface area contributed by atoms with Crippen LogP contribution in [0.2, 0.25) is 0 Å². The normalized spacial score (nSPS) is 25.2. The zero-order chi connectivity index (χ0) is 29.9. The fraction of sp³-hybridized carbons (Fsp3) is 0.472. The predicted molar refractivity (Wildman–Crippen MR) is 165 cm³/mol. The van der Waals surface area contributed by atoms with Gasteiger partial charge in [-0.05, 0) is 35.4 Å². The molecule has 1 aliphatic heterocycles. The molecule has 0 spiro atoms. The van der Waals surface area contributed by atoms with E-state index in [0.29, 0.717) is 19.8 Å². The molecule has 7 heteroatoms. The summed E-state index contributed by atoms with van der Waals surface area (Å²) in [7, 11) is 0. The van der Waals surface area contributed by atoms with Crippen molar-refractivity contribution >= 4 is 5.91 Å². The topological polar surface area (TPSA) is 86.3 Å². The van der Waals surface area contributed by atoms with Crippen molar-refractivity contribution in [1.29, 1.82) is 0 Å². The number of aliphatic hydroxyl groups excluding tert-OH is 1. The molecule has 3 aromatic rings. The third kappa shape index (κ3) is 8.97. The fourth-order valence-electron chi connectivity index (χ4n) is 6.34. The van der Waals surface area contributed by atoms with Gasteiger partial charge in [0.1, 0.15) is 24.4 Å². The van der Waals surface area contributed by atoms with E-state index >= 15 is 0 Å². The summed E-state index contributed by atoms with van der Waals surface area (Å²) in [5.41, 5.74) is 3.10. The third-order valence-corrected chi connectivity index (χ3v) is 8.53. The zero-order valence-electron chi connectivity index (χ0n) is 25.1. The molecule has 43 heavy (non-hydrogen) atoms. The summed E-state index contributed by atoms with van der Waals surface area (Å²) in [5.74, 6) is -0.110. The SMILES string of the molecule is CC(=O)N[C@@H]1[C@@H](OCc2ccccc2)[C@@H](OCc2ccccc2)[C@@H](COCc2ccccc2)O[C@@H]1C(O)C1CCCCC1.